The topological polar surface area (TPSA) is 51.1 Å². The lowest BCUT2D eigenvalue weighted by Gasteiger charge is -2.16. The van der Waals surface area contributed by atoms with E-state index in [4.69, 9.17) is 11.6 Å². The van der Waals surface area contributed by atoms with Crippen molar-refractivity contribution in [3.05, 3.63) is 61.9 Å². The molecule has 110 valence electrons. The minimum atomic E-state index is -0.621. The van der Waals surface area contributed by atoms with E-state index in [1.165, 1.54) is 4.57 Å². The Hall–Kier alpha value is -1.59. The molecule has 4 nitrogen and oxygen atoms in total. The van der Waals surface area contributed by atoms with Crippen LogP contribution in [0.15, 0.2) is 45.8 Å². The largest absolute Gasteiger partial charge is 0.324 e. The van der Waals surface area contributed by atoms with Gasteiger partial charge in [-0.2, -0.15) is 0 Å². The van der Waals surface area contributed by atoms with Crippen LogP contribution in [0.1, 0.15) is 18.5 Å². The molecule has 0 aliphatic carbocycles. The van der Waals surface area contributed by atoms with Gasteiger partial charge in [0.15, 0.2) is 0 Å². The van der Waals surface area contributed by atoms with Gasteiger partial charge >= 0.3 is 0 Å². The molecule has 0 saturated heterocycles. The van der Waals surface area contributed by atoms with Crippen molar-refractivity contribution in [3.8, 4) is 0 Å². The summed E-state index contributed by atoms with van der Waals surface area (Å²) in [5.41, 5.74) is 1.03. The smallest absolute Gasteiger partial charge is 0.254 e. The maximum atomic E-state index is 12.3. The fourth-order valence-electron chi connectivity index (χ4n) is 1.89. The average molecular weight is 370 g/mol. The Kier molecular flexibility index (Phi) is 4.85. The number of halogens is 2. The van der Waals surface area contributed by atoms with Crippen LogP contribution in [-0.4, -0.2) is 10.5 Å². The highest BCUT2D eigenvalue weighted by Gasteiger charge is 2.17. The summed E-state index contributed by atoms with van der Waals surface area (Å²) in [6, 6.07) is 7.91. The van der Waals surface area contributed by atoms with E-state index in [1.54, 1.807) is 50.4 Å². The molecule has 0 spiro atoms. The first-order chi connectivity index (χ1) is 9.88. The van der Waals surface area contributed by atoms with E-state index >= 15 is 0 Å². The zero-order valence-electron chi connectivity index (χ0n) is 11.6. The molecule has 0 aliphatic heterocycles. The van der Waals surface area contributed by atoms with E-state index in [0.717, 1.165) is 4.47 Å². The van der Waals surface area contributed by atoms with Crippen LogP contribution in [0, 0.1) is 6.92 Å². The Bertz CT molecular complexity index is 725. The molecule has 1 aromatic carbocycles. The Labute approximate surface area is 135 Å². The van der Waals surface area contributed by atoms with Gasteiger partial charge in [-0.1, -0.05) is 11.6 Å². The average Bonchev–Trinajstić information content (AvgIpc) is 2.44. The summed E-state index contributed by atoms with van der Waals surface area (Å²) in [4.78, 5) is 24.4. The van der Waals surface area contributed by atoms with Crippen LogP contribution in [0.4, 0.5) is 5.69 Å². The molecule has 1 unspecified atom stereocenters. The molecule has 0 radical (unpaired) electrons. The number of hydrogen-bond acceptors (Lipinski definition) is 2. The number of carbonyl (C=O) groups excluding carboxylic acids is 1. The van der Waals surface area contributed by atoms with E-state index in [1.807, 2.05) is 0 Å². The van der Waals surface area contributed by atoms with E-state index in [-0.39, 0.29) is 11.5 Å². The van der Waals surface area contributed by atoms with Crippen molar-refractivity contribution in [1.29, 1.82) is 0 Å². The molecule has 1 atom stereocenters. The third-order valence-electron chi connectivity index (χ3n) is 3.10. The maximum absolute atomic E-state index is 12.3. The molecule has 0 aliphatic rings. The molecule has 2 rings (SSSR count). The van der Waals surface area contributed by atoms with Gasteiger partial charge in [0.2, 0.25) is 5.91 Å². The van der Waals surface area contributed by atoms with Crippen LogP contribution in [-0.2, 0) is 4.79 Å². The molecule has 6 heteroatoms. The lowest BCUT2D eigenvalue weighted by atomic mass is 10.2. The SMILES string of the molecule is Cc1cc(Br)cn(C(C)C(=O)Nc2ccc(Cl)cc2)c1=O. The van der Waals surface area contributed by atoms with Crippen LogP contribution >= 0.6 is 27.5 Å². The Morgan fingerprint density at radius 2 is 1.95 bits per heavy atom. The Morgan fingerprint density at radius 1 is 1.33 bits per heavy atom. The summed E-state index contributed by atoms with van der Waals surface area (Å²) in [6.07, 6.45) is 1.61. The van der Waals surface area contributed by atoms with Crippen molar-refractivity contribution >= 4 is 39.1 Å². The van der Waals surface area contributed by atoms with Gasteiger partial charge in [0, 0.05) is 26.9 Å². The van der Waals surface area contributed by atoms with Crippen molar-refractivity contribution in [2.75, 3.05) is 5.32 Å². The molecule has 1 amide bonds. The summed E-state index contributed by atoms with van der Waals surface area (Å²) >= 11 is 9.13. The minimum absolute atomic E-state index is 0.183. The normalized spacial score (nSPS) is 12.0. The summed E-state index contributed by atoms with van der Waals surface area (Å²) in [5, 5.41) is 3.36. The molecule has 1 heterocycles. The third-order valence-corrected chi connectivity index (χ3v) is 3.78. The van der Waals surface area contributed by atoms with Gasteiger partial charge in [-0.15, -0.1) is 0 Å². The second-order valence-electron chi connectivity index (χ2n) is 4.73. The standard InChI is InChI=1S/C15H14BrClN2O2/c1-9-7-11(16)8-19(15(9)21)10(2)14(20)18-13-5-3-12(17)4-6-13/h3-8,10H,1-2H3,(H,18,20). The number of anilines is 1. The number of carbonyl (C=O) groups is 1. The van der Waals surface area contributed by atoms with Gasteiger partial charge < -0.3 is 9.88 Å². The van der Waals surface area contributed by atoms with Crippen molar-refractivity contribution < 1.29 is 4.79 Å². The van der Waals surface area contributed by atoms with Crippen molar-refractivity contribution in [1.82, 2.24) is 4.57 Å². The fourth-order valence-corrected chi connectivity index (χ4v) is 2.58. The number of aryl methyl sites for hydroxylation is 1. The maximum Gasteiger partial charge on any atom is 0.254 e. The van der Waals surface area contributed by atoms with Crippen LogP contribution in [0.2, 0.25) is 5.02 Å². The lowest BCUT2D eigenvalue weighted by molar-refractivity contribution is -0.118. The van der Waals surface area contributed by atoms with Gasteiger partial charge in [-0.3, -0.25) is 9.59 Å². The number of pyridine rings is 1. The van der Waals surface area contributed by atoms with Gasteiger partial charge in [-0.05, 0) is 60.1 Å². The molecule has 1 N–H and O–H groups in total. The Balaban J connectivity index is 2.23. The van der Waals surface area contributed by atoms with E-state index in [0.29, 0.717) is 16.3 Å². The molecule has 21 heavy (non-hydrogen) atoms. The second-order valence-corrected chi connectivity index (χ2v) is 6.08. The monoisotopic (exact) mass is 368 g/mol. The molecule has 1 aromatic heterocycles. The summed E-state index contributed by atoms with van der Waals surface area (Å²) in [7, 11) is 0. The van der Waals surface area contributed by atoms with Gasteiger partial charge in [0.25, 0.3) is 5.56 Å². The first-order valence-corrected chi connectivity index (χ1v) is 7.50. The number of benzene rings is 1. The van der Waals surface area contributed by atoms with Crippen LogP contribution < -0.4 is 10.9 Å². The predicted molar refractivity (Wildman–Crippen MR) is 87.9 cm³/mol. The highest BCUT2D eigenvalue weighted by atomic mass is 79.9. The van der Waals surface area contributed by atoms with Gasteiger partial charge in [0.05, 0.1) is 0 Å². The van der Waals surface area contributed by atoms with Gasteiger partial charge in [0.1, 0.15) is 6.04 Å². The van der Waals surface area contributed by atoms with Crippen molar-refractivity contribution in [3.63, 3.8) is 0 Å². The van der Waals surface area contributed by atoms with Crippen molar-refractivity contribution in [2.45, 2.75) is 19.9 Å². The number of nitrogens with zero attached hydrogens (tertiary/aromatic N) is 1. The lowest BCUT2D eigenvalue weighted by Crippen LogP contribution is -2.32. The molecular formula is C15H14BrClN2O2. The summed E-state index contributed by atoms with van der Waals surface area (Å²) in [5.74, 6) is -0.267. The zero-order valence-corrected chi connectivity index (χ0v) is 13.9. The summed E-state index contributed by atoms with van der Waals surface area (Å²) < 4.78 is 2.16. The highest BCUT2D eigenvalue weighted by molar-refractivity contribution is 9.10. The van der Waals surface area contributed by atoms with Gasteiger partial charge in [-0.25, -0.2) is 0 Å². The van der Waals surface area contributed by atoms with E-state index in [9.17, 15) is 9.59 Å². The second kappa shape index (κ2) is 6.45. The highest BCUT2D eigenvalue weighted by Crippen LogP contribution is 2.16. The van der Waals surface area contributed by atoms with Crippen LogP contribution in [0.3, 0.4) is 0 Å². The first kappa shape index (κ1) is 15.8. The van der Waals surface area contributed by atoms with Crippen molar-refractivity contribution in [2.24, 2.45) is 0 Å². The molecule has 0 bridgehead atoms. The van der Waals surface area contributed by atoms with E-state index in [2.05, 4.69) is 21.2 Å². The number of nitrogens with one attached hydrogen (secondary N) is 1. The number of amides is 1. The van der Waals surface area contributed by atoms with E-state index < -0.39 is 6.04 Å². The fraction of sp³-hybridized carbons (Fsp3) is 0.200. The van der Waals surface area contributed by atoms with Crippen LogP contribution in [0.5, 0.6) is 0 Å². The molecular weight excluding hydrogens is 356 g/mol. The third kappa shape index (κ3) is 3.74. The number of rotatable bonds is 3. The quantitative estimate of drug-likeness (QED) is 0.895. The predicted octanol–water partition coefficient (Wildman–Crippen LogP) is 3.77. The number of hydrogen-bond donors (Lipinski definition) is 1. The molecule has 2 aromatic rings. The molecule has 0 fully saturated rings. The first-order valence-electron chi connectivity index (χ1n) is 6.33. The Morgan fingerprint density at radius 3 is 2.57 bits per heavy atom. The van der Waals surface area contributed by atoms with Crippen LogP contribution in [0.25, 0.3) is 0 Å². The minimum Gasteiger partial charge on any atom is -0.324 e. The summed E-state index contributed by atoms with van der Waals surface area (Å²) in [6.45, 7) is 3.39. The molecule has 0 saturated carbocycles. The number of aromatic nitrogens is 1. The zero-order chi connectivity index (χ0) is 15.6.